The number of unbranched alkanes of at least 4 members (excludes halogenated alkanes) is 23. The van der Waals surface area contributed by atoms with Crippen LogP contribution in [-0.4, -0.2) is 37.2 Å². The maximum absolute atomic E-state index is 12.5. The second-order valence-electron chi connectivity index (χ2n) is 12.9. The molecule has 0 N–H and O–H groups in total. The summed E-state index contributed by atoms with van der Waals surface area (Å²) >= 11 is 0. The Morgan fingerprint density at radius 3 is 0.909 bits per heavy atom. The van der Waals surface area contributed by atoms with Gasteiger partial charge in [-0.15, -0.1) is 0 Å². The van der Waals surface area contributed by atoms with Crippen LogP contribution in [-0.2, 0) is 28.6 Å². The largest absolute Gasteiger partial charge is 0.462 e. The zero-order valence-electron chi connectivity index (χ0n) is 29.4. The fourth-order valence-electron chi connectivity index (χ4n) is 5.44. The second kappa shape index (κ2) is 34.3. The van der Waals surface area contributed by atoms with Crippen molar-refractivity contribution in [3.63, 3.8) is 0 Å². The van der Waals surface area contributed by atoms with Crippen LogP contribution in [0.2, 0.25) is 0 Å². The van der Waals surface area contributed by atoms with Gasteiger partial charge in [0.1, 0.15) is 13.2 Å². The van der Waals surface area contributed by atoms with Crippen molar-refractivity contribution in [3.8, 4) is 0 Å². The van der Waals surface area contributed by atoms with Crippen LogP contribution in [0.15, 0.2) is 0 Å². The number of hydrogen-bond donors (Lipinski definition) is 0. The van der Waals surface area contributed by atoms with E-state index in [0.29, 0.717) is 19.3 Å². The van der Waals surface area contributed by atoms with Crippen LogP contribution in [0.5, 0.6) is 0 Å². The third-order valence-corrected chi connectivity index (χ3v) is 8.36. The third-order valence-electron chi connectivity index (χ3n) is 8.36. The molecule has 260 valence electrons. The monoisotopic (exact) mass is 625 g/mol. The van der Waals surface area contributed by atoms with E-state index in [1.165, 1.54) is 103 Å². The normalized spacial score (nSPS) is 11.8. The number of carbonyl (C=O) groups is 3. The van der Waals surface area contributed by atoms with E-state index in [4.69, 9.17) is 14.2 Å². The Morgan fingerprint density at radius 1 is 0.364 bits per heavy atom. The van der Waals surface area contributed by atoms with E-state index in [1.54, 1.807) is 0 Å². The van der Waals surface area contributed by atoms with Crippen molar-refractivity contribution in [2.45, 2.75) is 213 Å². The number of esters is 3. The van der Waals surface area contributed by atoms with Gasteiger partial charge in [0.05, 0.1) is 0 Å². The predicted octanol–water partition coefficient (Wildman–Crippen LogP) is 11.4. The lowest BCUT2D eigenvalue weighted by Crippen LogP contribution is -2.30. The van der Waals surface area contributed by atoms with Gasteiger partial charge in [-0.2, -0.15) is 0 Å². The molecule has 0 heterocycles. The average Bonchev–Trinajstić information content (AvgIpc) is 3.02. The molecule has 44 heavy (non-hydrogen) atoms. The van der Waals surface area contributed by atoms with Gasteiger partial charge in [0, 0.05) is 19.3 Å². The summed E-state index contributed by atoms with van der Waals surface area (Å²) in [4.78, 5) is 37.0. The van der Waals surface area contributed by atoms with Crippen molar-refractivity contribution < 1.29 is 28.6 Å². The van der Waals surface area contributed by atoms with Gasteiger partial charge < -0.3 is 14.2 Å². The van der Waals surface area contributed by atoms with Crippen molar-refractivity contribution in [1.82, 2.24) is 0 Å². The van der Waals surface area contributed by atoms with Gasteiger partial charge >= 0.3 is 17.9 Å². The van der Waals surface area contributed by atoms with Crippen LogP contribution >= 0.6 is 0 Å². The molecule has 0 amide bonds. The lowest BCUT2D eigenvalue weighted by Gasteiger charge is -2.18. The molecule has 0 saturated heterocycles. The average molecular weight is 625 g/mol. The van der Waals surface area contributed by atoms with Gasteiger partial charge in [-0.25, -0.2) is 0 Å². The summed E-state index contributed by atoms with van der Waals surface area (Å²) in [6, 6.07) is 0. The lowest BCUT2D eigenvalue weighted by molar-refractivity contribution is -0.167. The smallest absolute Gasteiger partial charge is 0.306 e. The molecule has 0 spiro atoms. The molecule has 1 unspecified atom stereocenters. The molecule has 0 radical (unpaired) electrons. The van der Waals surface area contributed by atoms with Crippen LogP contribution < -0.4 is 0 Å². The van der Waals surface area contributed by atoms with Crippen molar-refractivity contribution >= 4 is 17.9 Å². The van der Waals surface area contributed by atoms with Crippen LogP contribution in [0, 0.1) is 0 Å². The van der Waals surface area contributed by atoms with E-state index in [-0.39, 0.29) is 31.1 Å². The summed E-state index contributed by atoms with van der Waals surface area (Å²) in [5, 5.41) is 0. The van der Waals surface area contributed by atoms with Crippen molar-refractivity contribution in [1.29, 1.82) is 0 Å². The predicted molar refractivity (Wildman–Crippen MR) is 183 cm³/mol. The van der Waals surface area contributed by atoms with E-state index >= 15 is 0 Å². The summed E-state index contributed by atoms with van der Waals surface area (Å²) in [5.74, 6) is -0.884. The number of rotatable bonds is 34. The summed E-state index contributed by atoms with van der Waals surface area (Å²) in [5.41, 5.74) is 0. The maximum atomic E-state index is 12.5. The molecule has 0 fully saturated rings. The molecule has 0 saturated carbocycles. The summed E-state index contributed by atoms with van der Waals surface area (Å²) in [6.45, 7) is 6.50. The molecule has 0 aliphatic rings. The fraction of sp³-hybridized carbons (Fsp3) is 0.921. The van der Waals surface area contributed by atoms with E-state index in [9.17, 15) is 14.4 Å². The first kappa shape index (κ1) is 42.4. The van der Waals surface area contributed by atoms with E-state index in [2.05, 4.69) is 20.8 Å². The van der Waals surface area contributed by atoms with Gasteiger partial charge in [-0.1, -0.05) is 168 Å². The van der Waals surface area contributed by atoms with Crippen LogP contribution in [0.25, 0.3) is 0 Å². The minimum atomic E-state index is -0.753. The topological polar surface area (TPSA) is 78.9 Å². The molecule has 0 aliphatic carbocycles. The number of ether oxygens (including phenoxy) is 3. The second-order valence-corrected chi connectivity index (χ2v) is 12.9. The van der Waals surface area contributed by atoms with Crippen LogP contribution in [0.4, 0.5) is 0 Å². The highest BCUT2D eigenvalue weighted by atomic mass is 16.6. The summed E-state index contributed by atoms with van der Waals surface area (Å²) in [6.07, 6.45) is 31.2. The summed E-state index contributed by atoms with van der Waals surface area (Å²) < 4.78 is 16.4. The Bertz CT molecular complexity index is 649. The molecule has 0 bridgehead atoms. The van der Waals surface area contributed by atoms with E-state index in [0.717, 1.165) is 64.2 Å². The molecular formula is C38H72O6. The zero-order valence-corrected chi connectivity index (χ0v) is 29.4. The Labute approximate surface area is 272 Å². The van der Waals surface area contributed by atoms with E-state index < -0.39 is 6.10 Å². The maximum Gasteiger partial charge on any atom is 0.306 e. The SMILES string of the molecule is CCCCCCCCCCCCCCCCC(=O)OCC(COC(=O)CCCCCCC)OC(=O)CCCCCCCCC. The van der Waals surface area contributed by atoms with Gasteiger partial charge in [-0.05, 0) is 19.3 Å². The van der Waals surface area contributed by atoms with Crippen LogP contribution in [0.1, 0.15) is 207 Å². The first-order valence-corrected chi connectivity index (χ1v) is 19.0. The highest BCUT2D eigenvalue weighted by Crippen LogP contribution is 2.14. The molecule has 0 aromatic carbocycles. The zero-order chi connectivity index (χ0) is 32.4. The molecule has 0 aliphatic heterocycles. The minimum Gasteiger partial charge on any atom is -0.462 e. The third kappa shape index (κ3) is 31.8. The Morgan fingerprint density at radius 2 is 0.614 bits per heavy atom. The first-order valence-electron chi connectivity index (χ1n) is 19.0. The molecule has 6 heteroatoms. The first-order chi connectivity index (χ1) is 21.5. The molecule has 0 aromatic heterocycles. The van der Waals surface area contributed by atoms with Crippen molar-refractivity contribution in [2.24, 2.45) is 0 Å². The number of carbonyl (C=O) groups excluding carboxylic acids is 3. The Balaban J connectivity index is 4.18. The van der Waals surface area contributed by atoms with Gasteiger partial charge in [0.15, 0.2) is 6.10 Å². The van der Waals surface area contributed by atoms with Crippen molar-refractivity contribution in [2.75, 3.05) is 13.2 Å². The van der Waals surface area contributed by atoms with Gasteiger partial charge in [-0.3, -0.25) is 14.4 Å². The number of hydrogen-bond acceptors (Lipinski definition) is 6. The highest BCUT2D eigenvalue weighted by molar-refractivity contribution is 5.71. The standard InChI is InChI=1S/C38H72O6/c1-4-7-10-13-15-16-17-18-19-20-21-23-25-28-31-37(40)43-34-35(33-42-36(39)30-27-24-12-9-6-3)44-38(41)32-29-26-22-14-11-8-5-2/h35H,4-34H2,1-3H3. The Hall–Kier alpha value is -1.59. The Kier molecular flexibility index (Phi) is 33.0. The van der Waals surface area contributed by atoms with E-state index in [1.807, 2.05) is 0 Å². The molecule has 0 rings (SSSR count). The van der Waals surface area contributed by atoms with Crippen LogP contribution in [0.3, 0.4) is 0 Å². The van der Waals surface area contributed by atoms with Gasteiger partial charge in [0.2, 0.25) is 0 Å². The quantitative estimate of drug-likeness (QED) is 0.0402. The lowest BCUT2D eigenvalue weighted by atomic mass is 10.0. The molecule has 0 aromatic rings. The fourth-order valence-corrected chi connectivity index (χ4v) is 5.44. The molecular weight excluding hydrogens is 552 g/mol. The molecule has 6 nitrogen and oxygen atoms in total. The minimum absolute atomic E-state index is 0.0655. The summed E-state index contributed by atoms with van der Waals surface area (Å²) in [7, 11) is 0. The molecule has 1 atom stereocenters. The van der Waals surface area contributed by atoms with Gasteiger partial charge in [0.25, 0.3) is 0 Å². The van der Waals surface area contributed by atoms with Crippen molar-refractivity contribution in [3.05, 3.63) is 0 Å². The highest BCUT2D eigenvalue weighted by Gasteiger charge is 2.19.